The van der Waals surface area contributed by atoms with Gasteiger partial charge in [-0.05, 0) is 42.7 Å². The molecule has 0 fully saturated rings. The smallest absolute Gasteiger partial charge is 0.264 e. The van der Waals surface area contributed by atoms with E-state index in [0.717, 1.165) is 11.1 Å². The van der Waals surface area contributed by atoms with Gasteiger partial charge in [-0.1, -0.05) is 29.3 Å². The van der Waals surface area contributed by atoms with Crippen molar-refractivity contribution in [3.63, 3.8) is 0 Å². The van der Waals surface area contributed by atoms with Gasteiger partial charge < -0.3 is 4.74 Å². The Balaban J connectivity index is 1.96. The molecule has 128 valence electrons. The largest absolute Gasteiger partial charge is 0.491 e. The zero-order chi connectivity index (χ0) is 17.3. The molecule has 1 aliphatic heterocycles. The number of sulfonamides is 1. The van der Waals surface area contributed by atoms with Crippen molar-refractivity contribution in [2.45, 2.75) is 24.9 Å². The second-order valence-electron chi connectivity index (χ2n) is 5.33. The lowest BCUT2D eigenvalue weighted by molar-refractivity contribution is 0.323. The molecule has 0 radical (unpaired) electrons. The molecule has 0 aliphatic carbocycles. The first-order valence-electron chi connectivity index (χ1n) is 7.49. The van der Waals surface area contributed by atoms with Gasteiger partial charge in [0.1, 0.15) is 0 Å². The molecular formula is C16H16Cl2N2O3S. The van der Waals surface area contributed by atoms with Crippen molar-refractivity contribution in [1.29, 1.82) is 0 Å². The summed E-state index contributed by atoms with van der Waals surface area (Å²) < 4.78 is 32.7. The summed E-state index contributed by atoms with van der Waals surface area (Å²) in [6, 6.07) is 6.76. The van der Waals surface area contributed by atoms with Crippen LogP contribution in [0.15, 0.2) is 35.5 Å². The number of aromatic nitrogens is 1. The van der Waals surface area contributed by atoms with Crippen molar-refractivity contribution in [1.82, 2.24) is 9.29 Å². The van der Waals surface area contributed by atoms with E-state index in [1.54, 1.807) is 25.1 Å². The maximum Gasteiger partial charge on any atom is 0.264 e. The molecule has 0 saturated heterocycles. The molecule has 1 aromatic carbocycles. The predicted octanol–water partition coefficient (Wildman–Crippen LogP) is 3.53. The zero-order valence-electron chi connectivity index (χ0n) is 13.0. The van der Waals surface area contributed by atoms with Crippen LogP contribution < -0.4 is 4.74 Å². The van der Waals surface area contributed by atoms with Gasteiger partial charge in [0.25, 0.3) is 10.0 Å². The van der Waals surface area contributed by atoms with E-state index >= 15 is 0 Å². The Morgan fingerprint density at radius 2 is 2.08 bits per heavy atom. The standard InChI is InChI=1S/C16H16Cl2N2O3S/c1-2-23-14-4-3-8-19-16(14)24(21,22)20-9-7-12-11(10-20)5-6-13(17)15(12)18/h3-6,8H,2,7,9-10H2,1H3. The van der Waals surface area contributed by atoms with E-state index in [1.807, 2.05) is 6.07 Å². The van der Waals surface area contributed by atoms with E-state index in [1.165, 1.54) is 10.5 Å². The fourth-order valence-electron chi connectivity index (χ4n) is 2.72. The van der Waals surface area contributed by atoms with Gasteiger partial charge in [0.05, 0.1) is 16.7 Å². The third-order valence-electron chi connectivity index (χ3n) is 3.87. The molecule has 0 atom stereocenters. The van der Waals surface area contributed by atoms with Crippen LogP contribution in [0.25, 0.3) is 0 Å². The van der Waals surface area contributed by atoms with E-state index in [9.17, 15) is 8.42 Å². The Morgan fingerprint density at radius 3 is 2.83 bits per heavy atom. The summed E-state index contributed by atoms with van der Waals surface area (Å²) in [5.74, 6) is 0.264. The number of rotatable bonds is 4. The van der Waals surface area contributed by atoms with E-state index in [0.29, 0.717) is 29.6 Å². The summed E-state index contributed by atoms with van der Waals surface area (Å²) >= 11 is 12.3. The summed E-state index contributed by atoms with van der Waals surface area (Å²) in [5.41, 5.74) is 1.76. The topological polar surface area (TPSA) is 59.5 Å². The van der Waals surface area contributed by atoms with Crippen LogP contribution in [-0.2, 0) is 23.0 Å². The molecule has 0 amide bonds. The molecule has 1 aromatic heterocycles. The molecule has 1 aliphatic rings. The van der Waals surface area contributed by atoms with Crippen LogP contribution in [0.1, 0.15) is 18.1 Å². The molecule has 3 rings (SSSR count). The predicted molar refractivity (Wildman–Crippen MR) is 93.2 cm³/mol. The molecule has 2 aromatic rings. The first-order valence-corrected chi connectivity index (χ1v) is 9.68. The van der Waals surface area contributed by atoms with E-state index in [4.69, 9.17) is 27.9 Å². The molecule has 0 saturated carbocycles. The monoisotopic (exact) mass is 386 g/mol. The molecule has 0 N–H and O–H groups in total. The minimum atomic E-state index is -3.76. The lowest BCUT2D eigenvalue weighted by atomic mass is 10.0. The molecule has 0 bridgehead atoms. The third kappa shape index (κ3) is 3.11. The first-order chi connectivity index (χ1) is 11.4. The molecule has 0 unspecified atom stereocenters. The number of ether oxygens (including phenoxy) is 1. The summed E-state index contributed by atoms with van der Waals surface area (Å²) in [6.45, 7) is 2.71. The van der Waals surface area contributed by atoms with Crippen molar-refractivity contribution < 1.29 is 13.2 Å². The average Bonchev–Trinajstić information content (AvgIpc) is 2.58. The second kappa shape index (κ2) is 6.88. The van der Waals surface area contributed by atoms with Crippen LogP contribution >= 0.6 is 23.2 Å². The molecule has 24 heavy (non-hydrogen) atoms. The van der Waals surface area contributed by atoms with Crippen LogP contribution in [0, 0.1) is 0 Å². The number of benzene rings is 1. The maximum atomic E-state index is 13.0. The van der Waals surface area contributed by atoms with Gasteiger partial charge in [-0.15, -0.1) is 0 Å². The Hall–Kier alpha value is -1.34. The molecule has 0 spiro atoms. The van der Waals surface area contributed by atoms with Crippen molar-refractivity contribution in [3.8, 4) is 5.75 Å². The van der Waals surface area contributed by atoms with Crippen LogP contribution in [0.5, 0.6) is 5.75 Å². The highest BCUT2D eigenvalue weighted by atomic mass is 35.5. The maximum absolute atomic E-state index is 13.0. The summed E-state index contributed by atoms with van der Waals surface area (Å²) in [4.78, 5) is 4.03. The van der Waals surface area contributed by atoms with Gasteiger partial charge >= 0.3 is 0 Å². The van der Waals surface area contributed by atoms with E-state index in [2.05, 4.69) is 4.98 Å². The Labute approximate surface area is 151 Å². The van der Waals surface area contributed by atoms with Crippen molar-refractivity contribution in [2.24, 2.45) is 0 Å². The van der Waals surface area contributed by atoms with Gasteiger partial charge in [-0.25, -0.2) is 13.4 Å². The summed E-state index contributed by atoms with van der Waals surface area (Å²) in [5, 5.41) is 0.921. The van der Waals surface area contributed by atoms with E-state index < -0.39 is 10.0 Å². The highest BCUT2D eigenvalue weighted by molar-refractivity contribution is 7.89. The third-order valence-corrected chi connectivity index (χ3v) is 6.50. The first kappa shape index (κ1) is 17.5. The molecule has 8 heteroatoms. The number of halogens is 2. The van der Waals surface area contributed by atoms with Gasteiger partial charge in [-0.2, -0.15) is 4.31 Å². The lowest BCUT2D eigenvalue weighted by Gasteiger charge is -2.29. The quantitative estimate of drug-likeness (QED) is 0.805. The second-order valence-corrected chi connectivity index (χ2v) is 7.97. The van der Waals surface area contributed by atoms with Gasteiger partial charge in [0.2, 0.25) is 5.03 Å². The number of hydrogen-bond acceptors (Lipinski definition) is 4. The highest BCUT2D eigenvalue weighted by Gasteiger charge is 2.32. The van der Waals surface area contributed by atoms with Gasteiger partial charge in [-0.3, -0.25) is 0 Å². The number of hydrogen-bond donors (Lipinski definition) is 0. The fraction of sp³-hybridized carbons (Fsp3) is 0.312. The zero-order valence-corrected chi connectivity index (χ0v) is 15.3. The Kier molecular flexibility index (Phi) is 5.01. The normalized spacial score (nSPS) is 15.1. The minimum Gasteiger partial charge on any atom is -0.491 e. The lowest BCUT2D eigenvalue weighted by Crippen LogP contribution is -2.36. The Bertz CT molecular complexity index is 872. The number of pyridine rings is 1. The van der Waals surface area contributed by atoms with E-state index in [-0.39, 0.29) is 17.3 Å². The average molecular weight is 387 g/mol. The SMILES string of the molecule is CCOc1cccnc1S(=O)(=O)N1CCc2c(ccc(Cl)c2Cl)C1. The molecule has 5 nitrogen and oxygen atoms in total. The van der Waals surface area contributed by atoms with Gasteiger partial charge in [0.15, 0.2) is 5.75 Å². The van der Waals surface area contributed by atoms with Crippen molar-refractivity contribution in [3.05, 3.63) is 51.6 Å². The summed E-state index contributed by atoms with van der Waals surface area (Å²) in [7, 11) is -3.76. The number of fused-ring (bicyclic) bond motifs is 1. The van der Waals surface area contributed by atoms with Crippen molar-refractivity contribution >= 4 is 33.2 Å². The minimum absolute atomic E-state index is 0.0599. The highest BCUT2D eigenvalue weighted by Crippen LogP contribution is 2.34. The fourth-order valence-corrected chi connectivity index (χ4v) is 4.64. The summed E-state index contributed by atoms with van der Waals surface area (Å²) in [6.07, 6.45) is 1.95. The van der Waals surface area contributed by atoms with Crippen LogP contribution in [0.2, 0.25) is 10.0 Å². The number of nitrogens with zero attached hydrogens (tertiary/aromatic N) is 2. The van der Waals surface area contributed by atoms with Crippen LogP contribution in [-0.4, -0.2) is 30.9 Å². The molecular weight excluding hydrogens is 371 g/mol. The van der Waals surface area contributed by atoms with Gasteiger partial charge in [0, 0.05) is 19.3 Å². The van der Waals surface area contributed by atoms with Crippen LogP contribution in [0.4, 0.5) is 0 Å². The Morgan fingerprint density at radius 1 is 1.29 bits per heavy atom. The molecule has 2 heterocycles. The van der Waals surface area contributed by atoms with Crippen molar-refractivity contribution in [2.75, 3.05) is 13.2 Å². The van der Waals surface area contributed by atoms with Crippen LogP contribution in [0.3, 0.4) is 0 Å².